The van der Waals surface area contributed by atoms with Crippen LogP contribution in [0.1, 0.15) is 48.8 Å². The highest BCUT2D eigenvalue weighted by Gasteiger charge is 2.43. The van der Waals surface area contributed by atoms with Gasteiger partial charge in [0, 0.05) is 17.9 Å². The first-order chi connectivity index (χ1) is 9.97. The van der Waals surface area contributed by atoms with Crippen LogP contribution in [0.2, 0.25) is 0 Å². The minimum absolute atomic E-state index is 0.0944. The van der Waals surface area contributed by atoms with E-state index >= 15 is 0 Å². The van der Waals surface area contributed by atoms with Crippen molar-refractivity contribution < 1.29 is 15.0 Å². The molecular formula is C16H20N2O3. The van der Waals surface area contributed by atoms with Gasteiger partial charge in [0.15, 0.2) is 0 Å². The predicted octanol–water partition coefficient (Wildman–Crippen LogP) is 2.63. The van der Waals surface area contributed by atoms with Crippen molar-refractivity contribution in [3.63, 3.8) is 0 Å². The molecule has 1 heterocycles. The molecule has 0 radical (unpaired) electrons. The number of carboxylic acid groups (broad SMARTS) is 1. The molecule has 21 heavy (non-hydrogen) atoms. The zero-order valence-electron chi connectivity index (χ0n) is 12.3. The summed E-state index contributed by atoms with van der Waals surface area (Å²) >= 11 is 0. The Morgan fingerprint density at radius 2 is 2.14 bits per heavy atom. The molecule has 2 aromatic rings. The molecular weight excluding hydrogens is 268 g/mol. The number of fused-ring (bicyclic) bond motifs is 1. The van der Waals surface area contributed by atoms with Gasteiger partial charge in [-0.05, 0) is 25.0 Å². The van der Waals surface area contributed by atoms with Gasteiger partial charge < -0.3 is 14.8 Å². The van der Waals surface area contributed by atoms with Gasteiger partial charge >= 0.3 is 5.97 Å². The SMILES string of the molecule is CC(C)c1nc2cccc(C(=O)O)c2n1CC1(CO)CC1. The summed E-state index contributed by atoms with van der Waals surface area (Å²) in [5, 5.41) is 19.0. The smallest absolute Gasteiger partial charge is 0.337 e. The van der Waals surface area contributed by atoms with Crippen LogP contribution < -0.4 is 0 Å². The molecule has 5 nitrogen and oxygen atoms in total. The van der Waals surface area contributed by atoms with E-state index in [0.717, 1.165) is 18.7 Å². The maximum absolute atomic E-state index is 11.5. The minimum Gasteiger partial charge on any atom is -0.478 e. The van der Waals surface area contributed by atoms with Crippen LogP contribution in [0.4, 0.5) is 0 Å². The molecule has 1 aromatic heterocycles. The summed E-state index contributed by atoms with van der Waals surface area (Å²) in [4.78, 5) is 16.1. The number of rotatable bonds is 5. The van der Waals surface area contributed by atoms with Crippen LogP contribution >= 0.6 is 0 Å². The third-order valence-corrected chi connectivity index (χ3v) is 4.33. The lowest BCUT2D eigenvalue weighted by molar-refractivity contribution is 0.0698. The number of benzene rings is 1. The van der Waals surface area contributed by atoms with E-state index in [1.165, 1.54) is 0 Å². The van der Waals surface area contributed by atoms with Crippen molar-refractivity contribution >= 4 is 17.0 Å². The Balaban J connectivity index is 2.22. The van der Waals surface area contributed by atoms with Gasteiger partial charge in [0.25, 0.3) is 0 Å². The lowest BCUT2D eigenvalue weighted by atomic mass is 10.1. The van der Waals surface area contributed by atoms with Crippen molar-refractivity contribution in [1.29, 1.82) is 0 Å². The summed E-state index contributed by atoms with van der Waals surface area (Å²) in [5.74, 6) is 0.151. The number of carbonyl (C=O) groups is 1. The molecule has 2 N–H and O–H groups in total. The fourth-order valence-corrected chi connectivity index (χ4v) is 2.86. The molecule has 1 aromatic carbocycles. The van der Waals surface area contributed by atoms with Crippen LogP contribution in [0, 0.1) is 5.41 Å². The second-order valence-corrected chi connectivity index (χ2v) is 6.35. The standard InChI is InChI=1S/C16H20N2O3/c1-10(2)14-17-12-5-3-4-11(15(20)21)13(12)18(14)8-16(9-19)6-7-16/h3-5,10,19H,6-9H2,1-2H3,(H,20,21). The Kier molecular flexibility index (Phi) is 3.24. The van der Waals surface area contributed by atoms with Crippen LogP contribution in [-0.4, -0.2) is 32.3 Å². The Morgan fingerprint density at radius 1 is 1.43 bits per heavy atom. The number of imidazole rings is 1. The van der Waals surface area contributed by atoms with Gasteiger partial charge in [-0.3, -0.25) is 0 Å². The molecule has 112 valence electrons. The first-order valence-electron chi connectivity index (χ1n) is 7.31. The number of hydrogen-bond acceptors (Lipinski definition) is 3. The molecule has 0 atom stereocenters. The van der Waals surface area contributed by atoms with Crippen molar-refractivity contribution in [3.8, 4) is 0 Å². The Morgan fingerprint density at radius 3 is 2.67 bits per heavy atom. The summed E-state index contributed by atoms with van der Waals surface area (Å²) in [5.41, 5.74) is 1.57. The van der Waals surface area contributed by atoms with Gasteiger partial charge in [-0.2, -0.15) is 0 Å². The zero-order valence-corrected chi connectivity index (χ0v) is 12.3. The van der Waals surface area contributed by atoms with Gasteiger partial charge in [0.05, 0.1) is 23.2 Å². The van der Waals surface area contributed by atoms with Crippen molar-refractivity contribution in [2.75, 3.05) is 6.61 Å². The Hall–Kier alpha value is -1.88. The summed E-state index contributed by atoms with van der Waals surface area (Å²) in [7, 11) is 0. The predicted molar refractivity (Wildman–Crippen MR) is 79.5 cm³/mol. The van der Waals surface area contributed by atoms with Crippen LogP contribution in [-0.2, 0) is 6.54 Å². The number of nitrogens with zero attached hydrogens (tertiary/aromatic N) is 2. The first kappa shape index (κ1) is 14.1. The fourth-order valence-electron chi connectivity index (χ4n) is 2.86. The number of aliphatic hydroxyl groups is 1. The first-order valence-corrected chi connectivity index (χ1v) is 7.31. The maximum atomic E-state index is 11.5. The summed E-state index contributed by atoms with van der Waals surface area (Å²) in [6.45, 7) is 4.88. The quantitative estimate of drug-likeness (QED) is 0.887. The number of para-hydroxylation sites is 1. The van der Waals surface area contributed by atoms with Crippen molar-refractivity contribution in [1.82, 2.24) is 9.55 Å². The number of aliphatic hydroxyl groups excluding tert-OH is 1. The fraction of sp³-hybridized carbons (Fsp3) is 0.500. The van der Waals surface area contributed by atoms with Crippen LogP contribution in [0.25, 0.3) is 11.0 Å². The zero-order chi connectivity index (χ0) is 15.2. The summed E-state index contributed by atoms with van der Waals surface area (Å²) < 4.78 is 2.01. The molecule has 3 rings (SSSR count). The van der Waals surface area contributed by atoms with E-state index in [4.69, 9.17) is 0 Å². The molecule has 0 bridgehead atoms. The van der Waals surface area contributed by atoms with Crippen LogP contribution in [0.5, 0.6) is 0 Å². The molecule has 0 saturated heterocycles. The van der Waals surface area contributed by atoms with E-state index in [-0.39, 0.29) is 23.5 Å². The lowest BCUT2D eigenvalue weighted by Crippen LogP contribution is -2.19. The molecule has 0 aliphatic heterocycles. The average Bonchev–Trinajstić information content (AvgIpc) is 3.13. The molecule has 0 spiro atoms. The minimum atomic E-state index is -0.939. The highest BCUT2D eigenvalue weighted by molar-refractivity contribution is 6.01. The molecule has 1 aliphatic carbocycles. The molecule has 0 unspecified atom stereocenters. The van der Waals surface area contributed by atoms with Crippen molar-refractivity contribution in [3.05, 3.63) is 29.6 Å². The topological polar surface area (TPSA) is 75.3 Å². The molecule has 1 saturated carbocycles. The largest absolute Gasteiger partial charge is 0.478 e. The highest BCUT2D eigenvalue weighted by Crippen LogP contribution is 2.47. The molecule has 0 amide bonds. The van der Waals surface area contributed by atoms with E-state index in [9.17, 15) is 15.0 Å². The van der Waals surface area contributed by atoms with Gasteiger partial charge in [-0.25, -0.2) is 9.78 Å². The lowest BCUT2D eigenvalue weighted by Gasteiger charge is -2.18. The number of aromatic nitrogens is 2. The van der Waals surface area contributed by atoms with Crippen LogP contribution in [0.3, 0.4) is 0 Å². The number of carboxylic acids is 1. The van der Waals surface area contributed by atoms with Gasteiger partial charge in [-0.1, -0.05) is 19.9 Å². The summed E-state index contributed by atoms with van der Waals surface area (Å²) in [6.07, 6.45) is 1.96. The Labute approximate surface area is 123 Å². The normalized spacial score (nSPS) is 16.6. The third-order valence-electron chi connectivity index (χ3n) is 4.33. The van der Waals surface area contributed by atoms with Gasteiger partial charge in [0.1, 0.15) is 5.82 Å². The van der Waals surface area contributed by atoms with Gasteiger partial charge in [-0.15, -0.1) is 0 Å². The maximum Gasteiger partial charge on any atom is 0.337 e. The number of aromatic carboxylic acids is 1. The monoisotopic (exact) mass is 288 g/mol. The van der Waals surface area contributed by atoms with E-state index in [1.54, 1.807) is 12.1 Å². The number of hydrogen-bond donors (Lipinski definition) is 2. The average molecular weight is 288 g/mol. The van der Waals surface area contributed by atoms with Crippen molar-refractivity contribution in [2.24, 2.45) is 5.41 Å². The Bertz CT molecular complexity index is 699. The van der Waals surface area contributed by atoms with Crippen LogP contribution in [0.15, 0.2) is 18.2 Å². The third kappa shape index (κ3) is 2.31. The highest BCUT2D eigenvalue weighted by atomic mass is 16.4. The van der Waals surface area contributed by atoms with E-state index in [0.29, 0.717) is 17.6 Å². The van der Waals surface area contributed by atoms with E-state index in [1.807, 2.05) is 10.6 Å². The van der Waals surface area contributed by atoms with E-state index < -0.39 is 5.97 Å². The second kappa shape index (κ2) is 4.84. The molecule has 1 aliphatic rings. The van der Waals surface area contributed by atoms with E-state index in [2.05, 4.69) is 18.8 Å². The van der Waals surface area contributed by atoms with Gasteiger partial charge in [0.2, 0.25) is 0 Å². The second-order valence-electron chi connectivity index (χ2n) is 6.35. The van der Waals surface area contributed by atoms with Crippen molar-refractivity contribution in [2.45, 2.75) is 39.2 Å². The molecule has 1 fully saturated rings. The molecule has 5 heteroatoms. The summed E-state index contributed by atoms with van der Waals surface area (Å²) in [6, 6.07) is 5.19.